The molecule has 146 valence electrons. The van der Waals surface area contributed by atoms with Gasteiger partial charge in [-0.25, -0.2) is 0 Å². The van der Waals surface area contributed by atoms with Crippen LogP contribution in [0.5, 0.6) is 0 Å². The third kappa shape index (κ3) is 14.2. The molecule has 0 saturated carbocycles. The summed E-state index contributed by atoms with van der Waals surface area (Å²) in [5.41, 5.74) is 0. The van der Waals surface area contributed by atoms with Gasteiger partial charge in [0, 0.05) is 25.7 Å². The Morgan fingerprint density at radius 2 is 1.04 bits per heavy atom. The second kappa shape index (κ2) is 19.2. The lowest BCUT2D eigenvalue weighted by Gasteiger charge is -2.31. The first-order valence-corrected chi connectivity index (χ1v) is 10.4. The summed E-state index contributed by atoms with van der Waals surface area (Å²) in [5.74, 6) is 0. The monoisotopic (exact) mass is 345 g/mol. The molecule has 0 aliphatic heterocycles. The average Bonchev–Trinajstić information content (AvgIpc) is 2.59. The van der Waals surface area contributed by atoms with Crippen molar-refractivity contribution in [3.05, 3.63) is 0 Å². The molecule has 0 saturated heterocycles. The van der Waals surface area contributed by atoms with E-state index in [0.29, 0.717) is 19.1 Å². The molecule has 0 aliphatic rings. The zero-order valence-corrected chi connectivity index (χ0v) is 16.1. The lowest BCUT2D eigenvalue weighted by atomic mass is 10.0. The van der Waals surface area contributed by atoms with E-state index in [2.05, 4.69) is 11.8 Å². The van der Waals surface area contributed by atoms with E-state index in [9.17, 15) is 10.2 Å². The number of rotatable bonds is 19. The first-order chi connectivity index (χ1) is 11.8. The number of hydrogen-bond acceptors (Lipinski definition) is 4. The van der Waals surface area contributed by atoms with E-state index in [-0.39, 0.29) is 19.8 Å². The fraction of sp³-hybridized carbons (Fsp3) is 1.00. The Morgan fingerprint density at radius 3 is 1.50 bits per heavy atom. The van der Waals surface area contributed by atoms with Crippen LogP contribution in [0, 0.1) is 0 Å². The third-order valence-corrected chi connectivity index (χ3v) is 4.88. The van der Waals surface area contributed by atoms with Crippen molar-refractivity contribution in [2.75, 3.05) is 32.9 Å². The lowest BCUT2D eigenvalue weighted by molar-refractivity contribution is 0.106. The molecule has 0 rings (SSSR count). The van der Waals surface area contributed by atoms with Gasteiger partial charge in [-0.05, 0) is 19.3 Å². The molecular weight excluding hydrogens is 302 g/mol. The minimum absolute atomic E-state index is 0.133. The zero-order chi connectivity index (χ0) is 17.9. The number of unbranched alkanes of at least 4 members (excludes halogenated alkanes) is 9. The maximum Gasteiger partial charge on any atom is 0.0558 e. The Morgan fingerprint density at radius 1 is 0.583 bits per heavy atom. The van der Waals surface area contributed by atoms with Gasteiger partial charge < -0.3 is 15.3 Å². The Kier molecular flexibility index (Phi) is 19.0. The molecule has 24 heavy (non-hydrogen) atoms. The van der Waals surface area contributed by atoms with Gasteiger partial charge >= 0.3 is 0 Å². The molecule has 0 heterocycles. The van der Waals surface area contributed by atoms with Crippen LogP contribution in [0.2, 0.25) is 0 Å². The third-order valence-electron chi connectivity index (χ3n) is 4.88. The zero-order valence-electron chi connectivity index (χ0n) is 16.1. The standard InChI is InChI=1S/C20H43NO3/c1-2-3-4-5-6-7-8-9-10-11-13-20(14-12-17-22)21(15-18-23)16-19-24/h20,22-24H,2-19H2,1H3. The Hall–Kier alpha value is -0.160. The highest BCUT2D eigenvalue weighted by molar-refractivity contribution is 4.72. The summed E-state index contributed by atoms with van der Waals surface area (Å²) in [7, 11) is 0. The van der Waals surface area contributed by atoms with Gasteiger partial charge in [0.25, 0.3) is 0 Å². The van der Waals surface area contributed by atoms with Gasteiger partial charge in [-0.15, -0.1) is 0 Å². The second-order valence-electron chi connectivity index (χ2n) is 6.97. The van der Waals surface area contributed by atoms with Gasteiger partial charge in [0.05, 0.1) is 13.2 Å². The van der Waals surface area contributed by atoms with Crippen LogP contribution < -0.4 is 0 Å². The molecule has 0 spiro atoms. The van der Waals surface area contributed by atoms with E-state index in [4.69, 9.17) is 5.11 Å². The van der Waals surface area contributed by atoms with Crippen molar-refractivity contribution < 1.29 is 15.3 Å². The van der Waals surface area contributed by atoms with Gasteiger partial charge in [0.1, 0.15) is 0 Å². The highest BCUT2D eigenvalue weighted by atomic mass is 16.3. The van der Waals surface area contributed by atoms with Crippen LogP contribution in [0.15, 0.2) is 0 Å². The molecule has 1 atom stereocenters. The highest BCUT2D eigenvalue weighted by Gasteiger charge is 2.16. The molecular formula is C20H43NO3. The fourth-order valence-electron chi connectivity index (χ4n) is 3.44. The smallest absolute Gasteiger partial charge is 0.0558 e. The van der Waals surface area contributed by atoms with Crippen molar-refractivity contribution in [2.45, 2.75) is 96.4 Å². The molecule has 4 nitrogen and oxygen atoms in total. The quantitative estimate of drug-likeness (QED) is 0.312. The second-order valence-corrected chi connectivity index (χ2v) is 6.97. The van der Waals surface area contributed by atoms with Gasteiger partial charge in [-0.3, -0.25) is 4.90 Å². The van der Waals surface area contributed by atoms with Gasteiger partial charge in [0.2, 0.25) is 0 Å². The van der Waals surface area contributed by atoms with E-state index in [1.54, 1.807) is 0 Å². The largest absolute Gasteiger partial charge is 0.396 e. The molecule has 0 aromatic carbocycles. The SMILES string of the molecule is CCCCCCCCCCCCC(CCCO)N(CCO)CCO. The van der Waals surface area contributed by atoms with Gasteiger partial charge in [-0.2, -0.15) is 0 Å². The maximum absolute atomic E-state index is 9.21. The van der Waals surface area contributed by atoms with Crippen LogP contribution in [0.3, 0.4) is 0 Å². The fourth-order valence-corrected chi connectivity index (χ4v) is 3.44. The molecule has 0 amide bonds. The highest BCUT2D eigenvalue weighted by Crippen LogP contribution is 2.17. The molecule has 0 radical (unpaired) electrons. The summed E-state index contributed by atoms with van der Waals surface area (Å²) in [6.45, 7) is 3.99. The first-order valence-electron chi connectivity index (χ1n) is 10.4. The van der Waals surface area contributed by atoms with Crippen LogP contribution in [-0.4, -0.2) is 59.2 Å². The average molecular weight is 346 g/mol. The first kappa shape index (κ1) is 23.8. The number of aliphatic hydroxyl groups is 3. The van der Waals surface area contributed by atoms with E-state index >= 15 is 0 Å². The number of nitrogens with zero attached hydrogens (tertiary/aromatic N) is 1. The Balaban J connectivity index is 3.80. The molecule has 3 N–H and O–H groups in total. The molecule has 0 fully saturated rings. The number of aliphatic hydroxyl groups excluding tert-OH is 3. The van der Waals surface area contributed by atoms with Gasteiger partial charge in [0.15, 0.2) is 0 Å². The van der Waals surface area contributed by atoms with Crippen molar-refractivity contribution >= 4 is 0 Å². The predicted octanol–water partition coefficient (Wildman–Crippen LogP) is 3.73. The van der Waals surface area contributed by atoms with Crippen LogP contribution >= 0.6 is 0 Å². The summed E-state index contributed by atoms with van der Waals surface area (Å²) >= 11 is 0. The topological polar surface area (TPSA) is 63.9 Å². The Bertz CT molecular complexity index is 233. The van der Waals surface area contributed by atoms with E-state index in [0.717, 1.165) is 19.3 Å². The van der Waals surface area contributed by atoms with Gasteiger partial charge in [-0.1, -0.05) is 71.1 Å². The summed E-state index contributed by atoms with van der Waals surface area (Å²) in [6, 6.07) is 0.380. The molecule has 0 bridgehead atoms. The minimum Gasteiger partial charge on any atom is -0.396 e. The van der Waals surface area contributed by atoms with Crippen molar-refractivity contribution in [1.29, 1.82) is 0 Å². The van der Waals surface area contributed by atoms with Crippen LogP contribution in [0.25, 0.3) is 0 Å². The molecule has 1 unspecified atom stereocenters. The van der Waals surface area contributed by atoms with Crippen molar-refractivity contribution in [1.82, 2.24) is 4.90 Å². The summed E-state index contributed by atoms with van der Waals surface area (Å²) < 4.78 is 0. The van der Waals surface area contributed by atoms with Crippen molar-refractivity contribution in [3.8, 4) is 0 Å². The number of hydrogen-bond donors (Lipinski definition) is 3. The minimum atomic E-state index is 0.133. The summed E-state index contributed by atoms with van der Waals surface area (Å²) in [4.78, 5) is 2.18. The summed E-state index contributed by atoms with van der Waals surface area (Å²) in [5, 5.41) is 27.5. The summed E-state index contributed by atoms with van der Waals surface area (Å²) in [6.07, 6.45) is 16.3. The molecule has 4 heteroatoms. The van der Waals surface area contributed by atoms with Crippen molar-refractivity contribution in [2.24, 2.45) is 0 Å². The maximum atomic E-state index is 9.21. The van der Waals surface area contributed by atoms with E-state index < -0.39 is 0 Å². The van der Waals surface area contributed by atoms with Crippen LogP contribution in [0.4, 0.5) is 0 Å². The van der Waals surface area contributed by atoms with Crippen LogP contribution in [-0.2, 0) is 0 Å². The van der Waals surface area contributed by atoms with E-state index in [1.807, 2.05) is 0 Å². The molecule has 0 aliphatic carbocycles. The predicted molar refractivity (Wildman–Crippen MR) is 102 cm³/mol. The molecule has 0 aromatic rings. The molecule has 0 aromatic heterocycles. The normalized spacial score (nSPS) is 12.9. The van der Waals surface area contributed by atoms with E-state index in [1.165, 1.54) is 64.2 Å². The van der Waals surface area contributed by atoms with Crippen LogP contribution in [0.1, 0.15) is 90.4 Å². The lowest BCUT2D eigenvalue weighted by Crippen LogP contribution is -2.39. The Labute approximate surface area is 150 Å². The van der Waals surface area contributed by atoms with Crippen molar-refractivity contribution in [3.63, 3.8) is 0 Å².